The molecule has 2 aromatic carbocycles. The van der Waals surface area contributed by atoms with Crippen LogP contribution in [0.3, 0.4) is 0 Å². The Labute approximate surface area is 143 Å². The third-order valence-corrected chi connectivity index (χ3v) is 4.00. The topological polar surface area (TPSA) is 81.9 Å². The van der Waals surface area contributed by atoms with Gasteiger partial charge in [-0.3, -0.25) is 4.79 Å². The highest BCUT2D eigenvalue weighted by molar-refractivity contribution is 9.11. The molecule has 2 aromatic rings. The van der Waals surface area contributed by atoms with E-state index >= 15 is 0 Å². The fraction of sp³-hybridized carbons (Fsp3) is 0.0667. The predicted octanol–water partition coefficient (Wildman–Crippen LogP) is 3.10. The van der Waals surface area contributed by atoms with Crippen molar-refractivity contribution in [3.8, 4) is 5.75 Å². The van der Waals surface area contributed by atoms with Crippen LogP contribution in [0.5, 0.6) is 5.75 Å². The first-order valence-corrected chi connectivity index (χ1v) is 7.81. The van der Waals surface area contributed by atoms with E-state index in [-0.39, 0.29) is 5.75 Å². The summed E-state index contributed by atoms with van der Waals surface area (Å²) in [6, 6.07) is 11.9. The Morgan fingerprint density at radius 2 is 1.77 bits per heavy atom. The number of hydrogen-bond acceptors (Lipinski definition) is 4. The highest BCUT2D eigenvalue weighted by Gasteiger charge is 2.15. The summed E-state index contributed by atoms with van der Waals surface area (Å²) in [5, 5.41) is 23.3. The normalized spacial score (nSPS) is 12.3. The van der Waals surface area contributed by atoms with E-state index in [9.17, 15) is 15.0 Å². The van der Waals surface area contributed by atoms with E-state index in [1.165, 1.54) is 6.21 Å². The molecule has 0 spiro atoms. The summed E-state index contributed by atoms with van der Waals surface area (Å²) in [5.74, 6) is -0.542. The Bertz CT molecular complexity index is 682. The van der Waals surface area contributed by atoms with Gasteiger partial charge >= 0.3 is 0 Å². The molecule has 0 radical (unpaired) electrons. The molecule has 0 aromatic heterocycles. The summed E-state index contributed by atoms with van der Waals surface area (Å²) in [6.07, 6.45) is 0.126. The van der Waals surface area contributed by atoms with Gasteiger partial charge in [-0.25, -0.2) is 5.43 Å². The minimum absolute atomic E-state index is 0.0840. The second-order valence-electron chi connectivity index (χ2n) is 4.38. The molecule has 3 N–H and O–H groups in total. The summed E-state index contributed by atoms with van der Waals surface area (Å²) in [5.41, 5.74) is 3.42. The van der Waals surface area contributed by atoms with Crippen LogP contribution in [-0.2, 0) is 4.79 Å². The van der Waals surface area contributed by atoms with E-state index in [2.05, 4.69) is 42.4 Å². The highest BCUT2D eigenvalue weighted by atomic mass is 79.9. The van der Waals surface area contributed by atoms with Crippen LogP contribution < -0.4 is 5.43 Å². The van der Waals surface area contributed by atoms with Crippen molar-refractivity contribution in [3.63, 3.8) is 0 Å². The minimum atomic E-state index is -1.28. The summed E-state index contributed by atoms with van der Waals surface area (Å²) in [6.45, 7) is 0. The number of amides is 1. The van der Waals surface area contributed by atoms with Crippen LogP contribution in [-0.4, -0.2) is 22.3 Å². The molecule has 0 bridgehead atoms. The number of halogens is 2. The Hall–Kier alpha value is -1.70. The number of phenolic OH excluding ortho intramolecular Hbond substituents is 1. The minimum Gasteiger partial charge on any atom is -0.506 e. The fourth-order valence-electron chi connectivity index (χ4n) is 1.68. The number of aliphatic hydroxyl groups is 1. The molecule has 0 aliphatic rings. The van der Waals surface area contributed by atoms with Crippen molar-refractivity contribution in [2.45, 2.75) is 6.10 Å². The van der Waals surface area contributed by atoms with Gasteiger partial charge in [0.15, 0.2) is 6.10 Å². The number of aliphatic hydroxyl groups excluding tert-OH is 1. The molecule has 5 nitrogen and oxygen atoms in total. The lowest BCUT2D eigenvalue weighted by Gasteiger charge is -2.08. The van der Waals surface area contributed by atoms with Gasteiger partial charge in [-0.05, 0) is 55.1 Å². The molecule has 1 amide bonds. The first-order valence-electron chi connectivity index (χ1n) is 6.23. The van der Waals surface area contributed by atoms with Crippen LogP contribution in [0, 0.1) is 0 Å². The number of carbonyl (C=O) groups is 1. The largest absolute Gasteiger partial charge is 0.506 e. The Balaban J connectivity index is 2.02. The number of hydrazone groups is 1. The van der Waals surface area contributed by atoms with Crippen molar-refractivity contribution in [2.24, 2.45) is 5.10 Å². The molecule has 1 atom stereocenters. The maximum Gasteiger partial charge on any atom is 0.273 e. The maximum atomic E-state index is 11.8. The third kappa shape index (κ3) is 4.16. The number of benzene rings is 2. The summed E-state index contributed by atoms with van der Waals surface area (Å²) in [7, 11) is 0. The molecule has 2 rings (SSSR count). The second-order valence-corrected chi connectivity index (χ2v) is 6.09. The van der Waals surface area contributed by atoms with Crippen molar-refractivity contribution in [3.05, 3.63) is 62.5 Å². The lowest BCUT2D eigenvalue weighted by atomic mass is 10.1. The number of phenols is 1. The standard InChI is InChI=1S/C15H12Br2N2O3/c16-11-6-9(7-12(17)14(11)21)8-18-19-15(22)13(20)10-4-2-1-3-5-10/h1-8,13,20-21H,(H,19,22)/b18-8-/t13-/m1/s1. The average Bonchev–Trinajstić information content (AvgIpc) is 2.52. The zero-order chi connectivity index (χ0) is 16.1. The van der Waals surface area contributed by atoms with Crippen LogP contribution in [0.2, 0.25) is 0 Å². The summed E-state index contributed by atoms with van der Waals surface area (Å²) in [4.78, 5) is 11.8. The Kier molecular flexibility index (Phi) is 5.70. The smallest absolute Gasteiger partial charge is 0.273 e. The quantitative estimate of drug-likeness (QED) is 0.518. The van der Waals surface area contributed by atoms with Gasteiger partial charge in [-0.1, -0.05) is 30.3 Å². The molecule has 114 valence electrons. The Morgan fingerprint density at radius 1 is 1.18 bits per heavy atom. The summed E-state index contributed by atoms with van der Waals surface area (Å²) >= 11 is 6.41. The van der Waals surface area contributed by atoms with Crippen LogP contribution in [0.4, 0.5) is 0 Å². The molecule has 0 fully saturated rings. The number of hydrogen-bond donors (Lipinski definition) is 3. The van der Waals surface area contributed by atoms with Gasteiger partial charge < -0.3 is 10.2 Å². The number of aromatic hydroxyl groups is 1. The van der Waals surface area contributed by atoms with Gasteiger partial charge in [0.2, 0.25) is 0 Å². The van der Waals surface area contributed by atoms with Gasteiger partial charge in [-0.2, -0.15) is 5.10 Å². The van der Waals surface area contributed by atoms with Gasteiger partial charge in [0.05, 0.1) is 15.2 Å². The zero-order valence-electron chi connectivity index (χ0n) is 11.2. The fourth-order valence-corrected chi connectivity index (χ4v) is 2.90. The van der Waals surface area contributed by atoms with Crippen molar-refractivity contribution >= 4 is 44.0 Å². The van der Waals surface area contributed by atoms with Crippen molar-refractivity contribution in [1.82, 2.24) is 5.43 Å². The van der Waals surface area contributed by atoms with Crippen molar-refractivity contribution in [2.75, 3.05) is 0 Å². The molecule has 22 heavy (non-hydrogen) atoms. The van der Waals surface area contributed by atoms with E-state index in [1.54, 1.807) is 42.5 Å². The van der Waals surface area contributed by atoms with Crippen molar-refractivity contribution in [1.29, 1.82) is 0 Å². The van der Waals surface area contributed by atoms with Crippen LogP contribution in [0.15, 0.2) is 56.5 Å². The molecule has 0 saturated heterocycles. The maximum absolute atomic E-state index is 11.8. The van der Waals surface area contributed by atoms with Gasteiger partial charge in [0.25, 0.3) is 5.91 Å². The van der Waals surface area contributed by atoms with E-state index in [0.717, 1.165) is 0 Å². The zero-order valence-corrected chi connectivity index (χ0v) is 14.4. The monoisotopic (exact) mass is 426 g/mol. The lowest BCUT2D eigenvalue weighted by molar-refractivity contribution is -0.129. The van der Waals surface area contributed by atoms with Crippen LogP contribution >= 0.6 is 31.9 Å². The molecule has 0 aliphatic carbocycles. The first kappa shape index (κ1) is 16.7. The molecular formula is C15H12Br2N2O3. The third-order valence-electron chi connectivity index (χ3n) is 2.79. The number of rotatable bonds is 4. The van der Waals surface area contributed by atoms with Crippen LogP contribution in [0.25, 0.3) is 0 Å². The number of nitrogens with one attached hydrogen (secondary N) is 1. The summed E-state index contributed by atoms with van der Waals surface area (Å²) < 4.78 is 0.998. The lowest BCUT2D eigenvalue weighted by Crippen LogP contribution is -2.25. The Morgan fingerprint density at radius 3 is 2.36 bits per heavy atom. The molecule has 0 unspecified atom stereocenters. The highest BCUT2D eigenvalue weighted by Crippen LogP contribution is 2.32. The van der Waals surface area contributed by atoms with Gasteiger partial charge in [0.1, 0.15) is 5.75 Å². The van der Waals surface area contributed by atoms with Crippen LogP contribution in [0.1, 0.15) is 17.2 Å². The van der Waals surface area contributed by atoms with E-state index < -0.39 is 12.0 Å². The molecule has 0 saturated carbocycles. The predicted molar refractivity (Wildman–Crippen MR) is 90.6 cm³/mol. The SMILES string of the molecule is O=C(N/N=C\c1cc(Br)c(O)c(Br)c1)[C@H](O)c1ccccc1. The molecular weight excluding hydrogens is 416 g/mol. The van der Waals surface area contributed by atoms with Gasteiger partial charge in [-0.15, -0.1) is 0 Å². The second kappa shape index (κ2) is 7.53. The first-order chi connectivity index (χ1) is 10.5. The van der Waals surface area contributed by atoms with E-state index in [0.29, 0.717) is 20.1 Å². The van der Waals surface area contributed by atoms with E-state index in [4.69, 9.17) is 0 Å². The number of nitrogens with zero attached hydrogens (tertiary/aromatic N) is 1. The van der Waals surface area contributed by atoms with E-state index in [1.807, 2.05) is 0 Å². The van der Waals surface area contributed by atoms with Gasteiger partial charge in [0, 0.05) is 0 Å². The number of carbonyl (C=O) groups excluding carboxylic acids is 1. The van der Waals surface area contributed by atoms with Crippen molar-refractivity contribution < 1.29 is 15.0 Å². The molecule has 7 heteroatoms. The molecule has 0 heterocycles. The average molecular weight is 428 g/mol. The molecule has 0 aliphatic heterocycles.